The Hall–Kier alpha value is -3.61. The number of benzene rings is 2. The largest absolute Gasteiger partial charge is 0.444 e. The molecule has 0 saturated heterocycles. The number of nitrogens with zero attached hydrogens (tertiary/aromatic N) is 1. The van der Waals surface area contributed by atoms with Gasteiger partial charge in [0.25, 0.3) is 0 Å². The van der Waals surface area contributed by atoms with Crippen LogP contribution in [0.1, 0.15) is 70.7 Å². The number of rotatable bonds is 10. The molecule has 1 fully saturated rings. The Bertz CT molecular complexity index is 1140. The topological polar surface area (TPSA) is 87.7 Å². The Balaban J connectivity index is 1.98. The van der Waals surface area contributed by atoms with Crippen LogP contribution in [0.15, 0.2) is 61.2 Å². The molecule has 4 unspecified atom stereocenters. The molecule has 7 nitrogen and oxygen atoms in total. The number of amides is 3. The maximum absolute atomic E-state index is 14.2. The van der Waals surface area contributed by atoms with Gasteiger partial charge >= 0.3 is 6.09 Å². The van der Waals surface area contributed by atoms with Crippen molar-refractivity contribution in [2.75, 3.05) is 0 Å². The summed E-state index contributed by atoms with van der Waals surface area (Å²) >= 11 is 0. The predicted octanol–water partition coefficient (Wildman–Crippen LogP) is 5.47. The van der Waals surface area contributed by atoms with Gasteiger partial charge in [0.15, 0.2) is 0 Å². The van der Waals surface area contributed by atoms with E-state index in [1.165, 1.54) is 0 Å². The minimum absolute atomic E-state index is 0.121. The normalized spacial score (nSPS) is 18.2. The molecule has 0 aliphatic heterocycles. The first-order chi connectivity index (χ1) is 17.9. The van der Waals surface area contributed by atoms with Crippen LogP contribution in [0.25, 0.3) is 6.08 Å². The van der Waals surface area contributed by atoms with Crippen molar-refractivity contribution < 1.29 is 19.1 Å². The van der Waals surface area contributed by atoms with Gasteiger partial charge in [0.2, 0.25) is 11.8 Å². The van der Waals surface area contributed by atoms with E-state index in [4.69, 9.17) is 4.74 Å². The summed E-state index contributed by atoms with van der Waals surface area (Å²) in [6.07, 6.45) is 1.84. The van der Waals surface area contributed by atoms with E-state index in [2.05, 4.69) is 24.1 Å². The molecule has 204 valence electrons. The van der Waals surface area contributed by atoms with Crippen LogP contribution in [-0.2, 0) is 20.9 Å². The molecule has 0 radical (unpaired) electrons. The lowest BCUT2D eigenvalue weighted by atomic mass is 9.97. The highest BCUT2D eigenvalue weighted by molar-refractivity contribution is 5.93. The van der Waals surface area contributed by atoms with Crippen LogP contribution in [0.2, 0.25) is 0 Å². The van der Waals surface area contributed by atoms with Gasteiger partial charge < -0.3 is 20.3 Å². The summed E-state index contributed by atoms with van der Waals surface area (Å²) in [7, 11) is 0. The lowest BCUT2D eigenvalue weighted by Gasteiger charge is -2.36. The quantitative estimate of drug-likeness (QED) is 0.436. The van der Waals surface area contributed by atoms with Crippen molar-refractivity contribution in [1.82, 2.24) is 15.5 Å². The molecule has 38 heavy (non-hydrogen) atoms. The second kappa shape index (κ2) is 12.3. The summed E-state index contributed by atoms with van der Waals surface area (Å²) in [6, 6.07) is 15.3. The van der Waals surface area contributed by atoms with Crippen molar-refractivity contribution in [1.29, 1.82) is 0 Å². The molecule has 4 atom stereocenters. The fourth-order valence-electron chi connectivity index (χ4n) is 4.46. The molecular weight excluding hydrogens is 478 g/mol. The van der Waals surface area contributed by atoms with Gasteiger partial charge in [0.1, 0.15) is 17.7 Å². The molecule has 2 aromatic carbocycles. The van der Waals surface area contributed by atoms with Crippen LogP contribution in [0.3, 0.4) is 0 Å². The van der Waals surface area contributed by atoms with E-state index in [9.17, 15) is 14.4 Å². The minimum Gasteiger partial charge on any atom is -0.444 e. The zero-order valence-corrected chi connectivity index (χ0v) is 23.4. The highest BCUT2D eigenvalue weighted by Gasteiger charge is 2.48. The third-order valence-electron chi connectivity index (χ3n) is 6.58. The maximum Gasteiger partial charge on any atom is 0.408 e. The van der Waals surface area contributed by atoms with E-state index >= 15 is 0 Å². The van der Waals surface area contributed by atoms with Crippen LogP contribution in [0, 0.1) is 11.8 Å². The number of hydrogen-bond donors (Lipinski definition) is 2. The summed E-state index contributed by atoms with van der Waals surface area (Å²) in [5.41, 5.74) is 1.81. The average Bonchev–Trinajstić information content (AvgIpc) is 3.58. The van der Waals surface area contributed by atoms with Crippen molar-refractivity contribution in [2.24, 2.45) is 11.8 Å². The SMILES string of the molecule is C=Cc1cccc(C(C(=O)NCc2ccccc2)N(C(=O)C(NC(=O)OC(C)(C)C)C(C)C)C2CC2C)c1. The van der Waals surface area contributed by atoms with Gasteiger partial charge in [-0.3, -0.25) is 9.59 Å². The molecule has 0 heterocycles. The molecule has 3 amide bonds. The zero-order valence-electron chi connectivity index (χ0n) is 23.4. The van der Waals surface area contributed by atoms with Crippen LogP contribution < -0.4 is 10.6 Å². The van der Waals surface area contributed by atoms with Gasteiger partial charge in [-0.25, -0.2) is 4.79 Å². The molecule has 2 aromatic rings. The predicted molar refractivity (Wildman–Crippen MR) is 150 cm³/mol. The minimum atomic E-state index is -0.872. The number of carbonyl (C=O) groups excluding carboxylic acids is 3. The van der Waals surface area contributed by atoms with Crippen LogP contribution >= 0.6 is 0 Å². The van der Waals surface area contributed by atoms with E-state index in [0.717, 1.165) is 17.5 Å². The second-order valence-electron chi connectivity index (χ2n) is 11.4. The molecule has 3 rings (SSSR count). The third kappa shape index (κ3) is 7.70. The molecular formula is C31H41N3O4. The molecule has 0 bridgehead atoms. The molecule has 1 saturated carbocycles. The van der Waals surface area contributed by atoms with Crippen molar-refractivity contribution in [3.63, 3.8) is 0 Å². The summed E-state index contributed by atoms with van der Waals surface area (Å²) in [5.74, 6) is -0.564. The summed E-state index contributed by atoms with van der Waals surface area (Å²) in [4.78, 5) is 42.4. The fourth-order valence-corrected chi connectivity index (χ4v) is 4.46. The fraction of sp³-hybridized carbons (Fsp3) is 0.452. The van der Waals surface area contributed by atoms with Gasteiger partial charge in [-0.1, -0.05) is 82.0 Å². The number of carbonyl (C=O) groups is 3. The van der Waals surface area contributed by atoms with Gasteiger partial charge in [-0.2, -0.15) is 0 Å². The van der Waals surface area contributed by atoms with Crippen LogP contribution in [0.4, 0.5) is 4.79 Å². The summed E-state index contributed by atoms with van der Waals surface area (Å²) in [6.45, 7) is 15.3. The van der Waals surface area contributed by atoms with Crippen molar-refractivity contribution in [3.8, 4) is 0 Å². The Labute approximate surface area is 226 Å². The van der Waals surface area contributed by atoms with E-state index in [1.54, 1.807) is 31.7 Å². The van der Waals surface area contributed by atoms with Crippen molar-refractivity contribution in [2.45, 2.75) is 78.2 Å². The first-order valence-corrected chi connectivity index (χ1v) is 13.3. The third-order valence-corrected chi connectivity index (χ3v) is 6.58. The van der Waals surface area contributed by atoms with E-state index in [-0.39, 0.29) is 29.7 Å². The molecule has 1 aliphatic carbocycles. The Morgan fingerprint density at radius 3 is 2.32 bits per heavy atom. The van der Waals surface area contributed by atoms with Gasteiger partial charge in [0, 0.05) is 12.6 Å². The standard InChI is InChI=1S/C31H41N3O4/c1-8-22-15-12-16-24(18-22)27(28(35)32-19-23-13-10-9-11-14-23)34(25-17-21(25)4)29(36)26(20(2)3)33-30(37)38-31(5,6)7/h8-16,18,20-21,25-27H,1,17,19H2,2-7H3,(H,32,35)(H,33,37). The second-order valence-corrected chi connectivity index (χ2v) is 11.4. The lowest BCUT2D eigenvalue weighted by molar-refractivity contribution is -0.144. The summed E-state index contributed by atoms with van der Waals surface area (Å²) < 4.78 is 5.44. The first-order valence-electron chi connectivity index (χ1n) is 13.3. The van der Waals surface area contributed by atoms with E-state index in [1.807, 2.05) is 68.4 Å². The van der Waals surface area contributed by atoms with Crippen molar-refractivity contribution in [3.05, 3.63) is 77.9 Å². The molecule has 2 N–H and O–H groups in total. The van der Waals surface area contributed by atoms with Crippen LogP contribution in [0.5, 0.6) is 0 Å². The monoisotopic (exact) mass is 519 g/mol. The van der Waals surface area contributed by atoms with Gasteiger partial charge in [-0.15, -0.1) is 0 Å². The smallest absolute Gasteiger partial charge is 0.408 e. The Morgan fingerprint density at radius 2 is 1.76 bits per heavy atom. The van der Waals surface area contributed by atoms with Crippen molar-refractivity contribution >= 4 is 24.0 Å². The molecule has 0 aromatic heterocycles. The molecule has 0 spiro atoms. The highest BCUT2D eigenvalue weighted by Crippen LogP contribution is 2.41. The van der Waals surface area contributed by atoms with E-state index < -0.39 is 23.8 Å². The molecule has 7 heteroatoms. The van der Waals surface area contributed by atoms with Gasteiger partial charge in [0.05, 0.1) is 0 Å². The summed E-state index contributed by atoms with van der Waals surface area (Å²) in [5, 5.41) is 5.81. The number of ether oxygens (including phenoxy) is 1. The molecule has 1 aliphatic rings. The Kier molecular flexibility index (Phi) is 9.36. The number of nitrogens with one attached hydrogen (secondary N) is 2. The van der Waals surface area contributed by atoms with Crippen LogP contribution in [-0.4, -0.2) is 40.5 Å². The van der Waals surface area contributed by atoms with E-state index in [0.29, 0.717) is 12.1 Å². The first kappa shape index (κ1) is 29.0. The zero-order chi connectivity index (χ0) is 28.0. The maximum atomic E-state index is 14.2. The average molecular weight is 520 g/mol. The number of alkyl carbamates (subject to hydrolysis) is 1. The lowest BCUT2D eigenvalue weighted by Crippen LogP contribution is -2.55. The number of hydrogen-bond acceptors (Lipinski definition) is 4. The highest BCUT2D eigenvalue weighted by atomic mass is 16.6. The Morgan fingerprint density at radius 1 is 1.11 bits per heavy atom. The van der Waals surface area contributed by atoms with Gasteiger partial charge in [-0.05, 0) is 61.8 Å².